The molecule has 2 aromatic carbocycles. The third-order valence-corrected chi connectivity index (χ3v) is 6.41. The Morgan fingerprint density at radius 3 is 2.77 bits per heavy atom. The largest absolute Gasteiger partial charge is 0.319 e. The molecule has 2 aromatic heterocycles. The summed E-state index contributed by atoms with van der Waals surface area (Å²) < 4.78 is 2.42. The number of benzene rings is 2. The summed E-state index contributed by atoms with van der Waals surface area (Å²) in [6.07, 6.45) is 3.26. The number of rotatable bonds is 7. The van der Waals surface area contributed by atoms with Crippen LogP contribution >= 0.6 is 23.1 Å². The van der Waals surface area contributed by atoms with Gasteiger partial charge in [0.15, 0.2) is 4.34 Å². The van der Waals surface area contributed by atoms with Crippen LogP contribution in [0, 0.1) is 17.0 Å². The number of aromatic nitrogens is 3. The van der Waals surface area contributed by atoms with Crippen molar-refractivity contribution in [2.24, 2.45) is 0 Å². The first-order valence-corrected chi connectivity index (χ1v) is 10.9. The topological polar surface area (TPSA) is 103 Å². The number of hydrogen-bond donors (Lipinski definition) is 1. The molecule has 0 unspecified atom stereocenters. The molecule has 156 valence electrons. The Morgan fingerprint density at radius 1 is 1.26 bits per heavy atom. The quantitative estimate of drug-likeness (QED) is 0.313. The lowest BCUT2D eigenvalue weighted by molar-refractivity contribution is -0.387. The number of hydrogen-bond acceptors (Lipinski definition) is 7. The molecule has 0 radical (unpaired) electrons. The maximum absolute atomic E-state index is 12.6. The second-order valence-corrected chi connectivity index (χ2v) is 8.81. The number of nitrogens with zero attached hydrogens (tertiary/aromatic N) is 4. The summed E-state index contributed by atoms with van der Waals surface area (Å²) in [7, 11) is 0. The molecule has 0 atom stereocenters. The van der Waals surface area contributed by atoms with Gasteiger partial charge >= 0.3 is 0 Å². The van der Waals surface area contributed by atoms with E-state index in [1.807, 2.05) is 42.6 Å². The first kappa shape index (κ1) is 20.8. The summed E-state index contributed by atoms with van der Waals surface area (Å²) in [4.78, 5) is 28.5. The van der Waals surface area contributed by atoms with Gasteiger partial charge in [-0.1, -0.05) is 42.1 Å². The molecule has 10 heteroatoms. The van der Waals surface area contributed by atoms with Crippen LogP contribution in [0.15, 0.2) is 75.5 Å². The van der Waals surface area contributed by atoms with Crippen LogP contribution in [-0.4, -0.2) is 25.6 Å². The Kier molecular flexibility index (Phi) is 6.10. The van der Waals surface area contributed by atoms with Crippen LogP contribution in [0.4, 0.5) is 11.4 Å². The smallest absolute Gasteiger partial charge is 0.284 e. The highest BCUT2D eigenvalue weighted by atomic mass is 32.2. The molecule has 0 saturated heterocycles. The Bertz CT molecular complexity index is 1240. The fraction of sp³-hybridized carbons (Fsp3) is 0.0952. The minimum Gasteiger partial charge on any atom is -0.319 e. The number of carbonyl (C=O) groups excluding carboxylic acids is 1. The fourth-order valence-electron chi connectivity index (χ4n) is 2.85. The zero-order valence-electron chi connectivity index (χ0n) is 16.4. The molecule has 0 saturated carbocycles. The molecule has 4 aromatic rings. The van der Waals surface area contributed by atoms with Gasteiger partial charge in [-0.05, 0) is 24.6 Å². The second kappa shape index (κ2) is 9.11. The lowest BCUT2D eigenvalue weighted by Crippen LogP contribution is -2.12. The van der Waals surface area contributed by atoms with Crippen molar-refractivity contribution in [3.05, 3.63) is 93.2 Å². The molecule has 0 spiro atoms. The summed E-state index contributed by atoms with van der Waals surface area (Å²) >= 11 is 2.63. The third kappa shape index (κ3) is 5.16. The molecule has 1 amide bonds. The number of nitro groups is 1. The molecule has 0 aliphatic heterocycles. The van der Waals surface area contributed by atoms with Crippen molar-refractivity contribution in [3.63, 3.8) is 0 Å². The van der Waals surface area contributed by atoms with E-state index in [9.17, 15) is 14.9 Å². The molecular formula is C21H17N5O3S2. The minimum absolute atomic E-state index is 0.134. The maximum atomic E-state index is 12.6. The molecular weight excluding hydrogens is 434 g/mol. The van der Waals surface area contributed by atoms with E-state index in [2.05, 4.69) is 15.4 Å². The standard InChI is InChI=1S/C21H17N5O3S2/c1-14-13-30-21(23-14)31-19-8-7-16(9-18(19)26(28)29)20(27)24-17-10-22-25(12-17)11-15-5-3-2-4-6-15/h2-10,12-13H,11H2,1H3,(H,24,27). The average molecular weight is 452 g/mol. The van der Waals surface area contributed by atoms with Crippen LogP contribution in [0.2, 0.25) is 0 Å². The van der Waals surface area contributed by atoms with Crippen LogP contribution in [0.5, 0.6) is 0 Å². The minimum atomic E-state index is -0.489. The number of thiazole rings is 1. The van der Waals surface area contributed by atoms with E-state index in [4.69, 9.17) is 0 Å². The van der Waals surface area contributed by atoms with E-state index in [0.29, 0.717) is 21.5 Å². The first-order valence-electron chi connectivity index (χ1n) is 9.24. The van der Waals surface area contributed by atoms with Gasteiger partial charge in [-0.15, -0.1) is 11.3 Å². The van der Waals surface area contributed by atoms with Crippen molar-refractivity contribution in [2.75, 3.05) is 5.32 Å². The summed E-state index contributed by atoms with van der Waals surface area (Å²) in [6.45, 7) is 2.44. The number of carbonyl (C=O) groups is 1. The van der Waals surface area contributed by atoms with Gasteiger partial charge in [0.05, 0.1) is 28.2 Å². The van der Waals surface area contributed by atoms with Crippen LogP contribution in [0.3, 0.4) is 0 Å². The number of nitro benzene ring substituents is 1. The zero-order valence-corrected chi connectivity index (χ0v) is 18.0. The van der Waals surface area contributed by atoms with E-state index in [1.165, 1.54) is 29.2 Å². The summed E-state index contributed by atoms with van der Waals surface area (Å²) in [5, 5.41) is 20.4. The van der Waals surface area contributed by atoms with Gasteiger partial charge in [0.1, 0.15) is 0 Å². The third-order valence-electron chi connectivity index (χ3n) is 4.29. The monoisotopic (exact) mass is 451 g/mol. The lowest BCUT2D eigenvalue weighted by Gasteiger charge is -2.05. The van der Waals surface area contributed by atoms with Crippen LogP contribution < -0.4 is 5.32 Å². The highest BCUT2D eigenvalue weighted by molar-refractivity contribution is 8.01. The summed E-state index contributed by atoms with van der Waals surface area (Å²) in [5.41, 5.74) is 2.52. The van der Waals surface area contributed by atoms with Gasteiger partial charge in [0.2, 0.25) is 0 Å². The van der Waals surface area contributed by atoms with Gasteiger partial charge < -0.3 is 5.32 Å². The Balaban J connectivity index is 1.48. The average Bonchev–Trinajstić information content (AvgIpc) is 3.37. The van der Waals surface area contributed by atoms with Crippen molar-refractivity contribution < 1.29 is 9.72 Å². The van der Waals surface area contributed by atoms with Crippen molar-refractivity contribution >= 4 is 40.4 Å². The predicted octanol–water partition coefficient (Wildman–Crippen LogP) is 5.01. The van der Waals surface area contributed by atoms with Gasteiger partial charge in [-0.25, -0.2) is 4.98 Å². The van der Waals surface area contributed by atoms with E-state index in [0.717, 1.165) is 11.3 Å². The summed E-state index contributed by atoms with van der Waals surface area (Å²) in [6, 6.07) is 14.3. The van der Waals surface area contributed by atoms with E-state index in [1.54, 1.807) is 29.2 Å². The van der Waals surface area contributed by atoms with Crippen LogP contribution in [0.1, 0.15) is 21.6 Å². The predicted molar refractivity (Wildman–Crippen MR) is 120 cm³/mol. The first-order chi connectivity index (χ1) is 15.0. The molecule has 8 nitrogen and oxygen atoms in total. The van der Waals surface area contributed by atoms with Crippen LogP contribution in [0.25, 0.3) is 0 Å². The van der Waals surface area contributed by atoms with Crippen molar-refractivity contribution in [1.29, 1.82) is 0 Å². The van der Waals surface area contributed by atoms with Crippen molar-refractivity contribution in [2.45, 2.75) is 22.7 Å². The molecule has 1 N–H and O–H groups in total. The lowest BCUT2D eigenvalue weighted by atomic mass is 10.2. The van der Waals surface area contributed by atoms with Crippen molar-refractivity contribution in [3.8, 4) is 0 Å². The molecule has 0 aliphatic rings. The number of nitrogens with one attached hydrogen (secondary N) is 1. The molecule has 4 rings (SSSR count). The highest BCUT2D eigenvalue weighted by Crippen LogP contribution is 2.36. The zero-order chi connectivity index (χ0) is 21.8. The van der Waals surface area contributed by atoms with Gasteiger partial charge in [-0.2, -0.15) is 5.10 Å². The number of amides is 1. The second-order valence-electron chi connectivity index (χ2n) is 6.66. The van der Waals surface area contributed by atoms with Crippen LogP contribution in [-0.2, 0) is 6.54 Å². The Hall–Kier alpha value is -3.50. The molecule has 2 heterocycles. The van der Waals surface area contributed by atoms with Gasteiger partial charge in [0, 0.05) is 28.9 Å². The Morgan fingerprint density at radius 2 is 2.06 bits per heavy atom. The number of anilines is 1. The Labute approximate surface area is 186 Å². The molecule has 31 heavy (non-hydrogen) atoms. The van der Waals surface area contributed by atoms with Gasteiger partial charge in [-0.3, -0.25) is 19.6 Å². The fourth-order valence-corrected chi connectivity index (χ4v) is 4.73. The van der Waals surface area contributed by atoms with E-state index < -0.39 is 10.8 Å². The van der Waals surface area contributed by atoms with E-state index >= 15 is 0 Å². The number of aryl methyl sites for hydroxylation is 1. The SMILES string of the molecule is Cc1csc(Sc2ccc(C(=O)Nc3cnn(Cc4ccccc4)c3)cc2[N+](=O)[O-])n1. The highest BCUT2D eigenvalue weighted by Gasteiger charge is 2.20. The molecule has 0 bridgehead atoms. The van der Waals surface area contributed by atoms with E-state index in [-0.39, 0.29) is 11.3 Å². The normalized spacial score (nSPS) is 10.7. The van der Waals surface area contributed by atoms with Gasteiger partial charge in [0.25, 0.3) is 11.6 Å². The van der Waals surface area contributed by atoms with Crippen molar-refractivity contribution in [1.82, 2.24) is 14.8 Å². The maximum Gasteiger partial charge on any atom is 0.284 e. The molecule has 0 aliphatic carbocycles. The molecule has 0 fully saturated rings. The summed E-state index contributed by atoms with van der Waals surface area (Å²) in [5.74, 6) is -0.441.